The fraction of sp³-hybridized carbons (Fsp3) is 0.667. The molecule has 68 valence electrons. The van der Waals surface area contributed by atoms with Crippen molar-refractivity contribution < 1.29 is 9.59 Å². The Morgan fingerprint density at radius 1 is 1.58 bits per heavy atom. The first-order valence-electron chi connectivity index (χ1n) is 4.05. The minimum Gasteiger partial charge on any atom is -0.347 e. The molecule has 0 saturated heterocycles. The molecule has 0 radical (unpaired) electrons. The van der Waals surface area contributed by atoms with Crippen LogP contribution in [0.25, 0.3) is 0 Å². The number of nitrogens with one attached hydrogen (secondary N) is 1. The second-order valence-corrected chi connectivity index (χ2v) is 3.39. The molecule has 0 saturated carbocycles. The smallest absolute Gasteiger partial charge is 0.255 e. The summed E-state index contributed by atoms with van der Waals surface area (Å²) in [4.78, 5) is 20.7. The van der Waals surface area contributed by atoms with Gasteiger partial charge in [0.2, 0.25) is 0 Å². The van der Waals surface area contributed by atoms with Gasteiger partial charge in [0.05, 0.1) is 6.08 Å². The topological polar surface area (TPSA) is 46.2 Å². The summed E-state index contributed by atoms with van der Waals surface area (Å²) in [6.07, 6.45) is 2.76. The van der Waals surface area contributed by atoms with E-state index in [4.69, 9.17) is 0 Å². The average Bonchev–Trinajstić information content (AvgIpc) is 1.85. The van der Waals surface area contributed by atoms with Crippen LogP contribution >= 0.6 is 0 Å². The molecular weight excluding hydrogens is 154 g/mol. The summed E-state index contributed by atoms with van der Waals surface area (Å²) in [5, 5.41) is 2.70. The first-order chi connectivity index (χ1) is 5.52. The van der Waals surface area contributed by atoms with Crippen molar-refractivity contribution >= 4 is 11.8 Å². The van der Waals surface area contributed by atoms with Crippen LogP contribution in [0.15, 0.2) is 6.08 Å². The molecule has 0 bridgehead atoms. The van der Waals surface area contributed by atoms with Gasteiger partial charge >= 0.3 is 0 Å². The lowest BCUT2D eigenvalue weighted by molar-refractivity contribution is -0.118. The highest BCUT2D eigenvalue weighted by Crippen LogP contribution is 2.09. The lowest BCUT2D eigenvalue weighted by atomic mass is 9.99. The Morgan fingerprint density at radius 2 is 2.17 bits per heavy atom. The Kier molecular flexibility index (Phi) is 4.30. The fourth-order valence-corrected chi connectivity index (χ4v) is 1.11. The maximum Gasteiger partial charge on any atom is 0.255 e. The van der Waals surface area contributed by atoms with Gasteiger partial charge in [0.1, 0.15) is 5.94 Å². The van der Waals surface area contributed by atoms with E-state index in [2.05, 4.69) is 5.32 Å². The highest BCUT2D eigenvalue weighted by molar-refractivity contribution is 5.94. The molecule has 3 heteroatoms. The van der Waals surface area contributed by atoms with Crippen LogP contribution in [-0.2, 0) is 9.59 Å². The van der Waals surface area contributed by atoms with Crippen molar-refractivity contribution in [2.75, 3.05) is 0 Å². The van der Waals surface area contributed by atoms with E-state index < -0.39 is 0 Å². The Bertz CT molecular complexity index is 203. The SMILES string of the molecule is CCCC(C)(C)NC(=O)C=C=O. The monoisotopic (exact) mass is 169 g/mol. The highest BCUT2D eigenvalue weighted by atomic mass is 16.2. The summed E-state index contributed by atoms with van der Waals surface area (Å²) in [7, 11) is 0. The Hall–Kier alpha value is -1.08. The molecule has 0 heterocycles. The van der Waals surface area contributed by atoms with Crippen molar-refractivity contribution in [2.45, 2.75) is 39.2 Å². The standard InChI is InChI=1S/C9H15NO2/c1-4-6-9(2,3)10-8(12)5-7-11/h5H,4,6H2,1-3H3,(H,10,12). The van der Waals surface area contributed by atoms with Crippen LogP contribution in [0, 0.1) is 0 Å². The largest absolute Gasteiger partial charge is 0.347 e. The molecule has 0 aromatic rings. The van der Waals surface area contributed by atoms with Gasteiger partial charge in [0.15, 0.2) is 0 Å². The van der Waals surface area contributed by atoms with Crippen molar-refractivity contribution in [3.8, 4) is 0 Å². The molecule has 0 aliphatic rings. The van der Waals surface area contributed by atoms with Gasteiger partial charge in [-0.2, -0.15) is 0 Å². The van der Waals surface area contributed by atoms with Crippen molar-refractivity contribution in [1.29, 1.82) is 0 Å². The molecule has 0 unspecified atom stereocenters. The van der Waals surface area contributed by atoms with Gasteiger partial charge in [-0.1, -0.05) is 13.3 Å². The first kappa shape index (κ1) is 10.9. The van der Waals surface area contributed by atoms with Crippen LogP contribution in [-0.4, -0.2) is 17.4 Å². The summed E-state index contributed by atoms with van der Waals surface area (Å²) < 4.78 is 0. The summed E-state index contributed by atoms with van der Waals surface area (Å²) in [5.74, 6) is 1.07. The number of hydrogen-bond donors (Lipinski definition) is 1. The van der Waals surface area contributed by atoms with Crippen molar-refractivity contribution in [3.05, 3.63) is 6.08 Å². The van der Waals surface area contributed by atoms with Gasteiger partial charge in [-0.3, -0.25) is 4.79 Å². The van der Waals surface area contributed by atoms with Gasteiger partial charge in [-0.15, -0.1) is 0 Å². The van der Waals surface area contributed by atoms with Gasteiger partial charge in [0, 0.05) is 5.54 Å². The summed E-state index contributed by atoms with van der Waals surface area (Å²) in [5.41, 5.74) is -0.237. The second-order valence-electron chi connectivity index (χ2n) is 3.39. The zero-order valence-corrected chi connectivity index (χ0v) is 7.81. The molecule has 0 aromatic heterocycles. The fourth-order valence-electron chi connectivity index (χ4n) is 1.11. The molecule has 12 heavy (non-hydrogen) atoms. The van der Waals surface area contributed by atoms with E-state index in [-0.39, 0.29) is 11.4 Å². The number of rotatable bonds is 4. The average molecular weight is 169 g/mol. The van der Waals surface area contributed by atoms with Crippen LogP contribution in [0.1, 0.15) is 33.6 Å². The van der Waals surface area contributed by atoms with E-state index >= 15 is 0 Å². The van der Waals surface area contributed by atoms with E-state index in [9.17, 15) is 9.59 Å². The number of carbonyl (C=O) groups excluding carboxylic acids is 2. The number of hydrogen-bond acceptors (Lipinski definition) is 2. The van der Waals surface area contributed by atoms with Crippen LogP contribution < -0.4 is 5.32 Å². The van der Waals surface area contributed by atoms with E-state index in [1.54, 1.807) is 0 Å². The predicted octanol–water partition coefficient (Wildman–Crippen LogP) is 1.07. The van der Waals surface area contributed by atoms with E-state index in [1.807, 2.05) is 20.8 Å². The Balaban J connectivity index is 4.04. The third kappa shape index (κ3) is 4.69. The molecular formula is C9H15NO2. The molecule has 0 aliphatic carbocycles. The van der Waals surface area contributed by atoms with Crippen molar-refractivity contribution in [3.63, 3.8) is 0 Å². The third-order valence-corrected chi connectivity index (χ3v) is 1.53. The lowest BCUT2D eigenvalue weighted by Gasteiger charge is -2.24. The van der Waals surface area contributed by atoms with Gasteiger partial charge in [-0.05, 0) is 20.3 Å². The van der Waals surface area contributed by atoms with Crippen LogP contribution in [0.3, 0.4) is 0 Å². The normalized spacial score (nSPS) is 10.2. The highest BCUT2D eigenvalue weighted by Gasteiger charge is 2.17. The van der Waals surface area contributed by atoms with Gasteiger partial charge in [-0.25, -0.2) is 4.79 Å². The van der Waals surface area contributed by atoms with Crippen molar-refractivity contribution in [2.24, 2.45) is 0 Å². The Morgan fingerprint density at radius 3 is 2.58 bits per heavy atom. The molecule has 0 rings (SSSR count). The van der Waals surface area contributed by atoms with Crippen LogP contribution in [0.5, 0.6) is 0 Å². The predicted molar refractivity (Wildman–Crippen MR) is 47.4 cm³/mol. The maximum absolute atomic E-state index is 10.9. The van der Waals surface area contributed by atoms with Gasteiger partial charge in [0.25, 0.3) is 5.91 Å². The number of amides is 1. The molecule has 0 aliphatic heterocycles. The van der Waals surface area contributed by atoms with Crippen LogP contribution in [0.4, 0.5) is 0 Å². The van der Waals surface area contributed by atoms with Gasteiger partial charge < -0.3 is 5.32 Å². The molecule has 1 amide bonds. The summed E-state index contributed by atoms with van der Waals surface area (Å²) in [6.45, 7) is 5.89. The molecule has 0 atom stereocenters. The van der Waals surface area contributed by atoms with E-state index in [0.717, 1.165) is 18.9 Å². The minimum absolute atomic E-state index is 0.237. The van der Waals surface area contributed by atoms with E-state index in [0.29, 0.717) is 0 Å². The third-order valence-electron chi connectivity index (χ3n) is 1.53. The van der Waals surface area contributed by atoms with Crippen molar-refractivity contribution in [1.82, 2.24) is 5.32 Å². The zero-order valence-electron chi connectivity index (χ0n) is 7.81. The molecule has 1 N–H and O–H groups in total. The molecule has 0 spiro atoms. The molecule has 3 nitrogen and oxygen atoms in total. The minimum atomic E-state index is -0.372. The lowest BCUT2D eigenvalue weighted by Crippen LogP contribution is -2.42. The molecule has 0 fully saturated rings. The second kappa shape index (κ2) is 4.73. The first-order valence-corrected chi connectivity index (χ1v) is 4.05. The summed E-state index contributed by atoms with van der Waals surface area (Å²) in [6, 6.07) is 0. The summed E-state index contributed by atoms with van der Waals surface area (Å²) >= 11 is 0. The number of carbonyl (C=O) groups is 1. The molecule has 0 aromatic carbocycles. The zero-order chi connectivity index (χ0) is 9.61. The van der Waals surface area contributed by atoms with E-state index in [1.165, 1.54) is 5.94 Å². The van der Waals surface area contributed by atoms with Crippen LogP contribution in [0.2, 0.25) is 0 Å². The maximum atomic E-state index is 10.9. The Labute approximate surface area is 72.8 Å². The quantitative estimate of drug-likeness (QED) is 0.505.